The number of carbonyl (C=O) groups is 1. The number of benzene rings is 1. The number of rotatable bonds is 5. The highest BCUT2D eigenvalue weighted by Crippen LogP contribution is 2.33. The molecule has 0 aliphatic carbocycles. The van der Waals surface area contributed by atoms with E-state index in [-0.39, 0.29) is 12.0 Å². The maximum atomic E-state index is 12.4. The molecule has 0 bridgehead atoms. The molecule has 0 saturated carbocycles. The van der Waals surface area contributed by atoms with E-state index in [1.54, 1.807) is 18.2 Å². The molecule has 0 radical (unpaired) electrons. The van der Waals surface area contributed by atoms with Gasteiger partial charge in [-0.1, -0.05) is 11.2 Å². The van der Waals surface area contributed by atoms with E-state index in [1.807, 2.05) is 0 Å². The minimum atomic E-state index is -0.217. The van der Waals surface area contributed by atoms with Crippen molar-refractivity contribution in [2.24, 2.45) is 0 Å². The first kappa shape index (κ1) is 15.9. The Hall–Kier alpha value is -2.61. The first-order valence-electron chi connectivity index (χ1n) is 8.42. The van der Waals surface area contributed by atoms with E-state index in [9.17, 15) is 4.79 Å². The number of carbonyl (C=O) groups excluding carboxylic acids is 1. The van der Waals surface area contributed by atoms with Crippen molar-refractivity contribution in [2.75, 3.05) is 26.4 Å². The summed E-state index contributed by atoms with van der Waals surface area (Å²) in [5.41, 5.74) is 0.463. The number of aromatic nitrogens is 2. The second kappa shape index (κ2) is 7.10. The van der Waals surface area contributed by atoms with Crippen molar-refractivity contribution in [3.8, 4) is 11.5 Å². The number of hydrogen-bond acceptors (Lipinski definition) is 7. The zero-order chi connectivity index (χ0) is 17.1. The van der Waals surface area contributed by atoms with Gasteiger partial charge in [0.1, 0.15) is 19.3 Å². The van der Waals surface area contributed by atoms with Gasteiger partial charge in [0.15, 0.2) is 17.3 Å². The van der Waals surface area contributed by atoms with Crippen LogP contribution in [0.25, 0.3) is 0 Å². The van der Waals surface area contributed by atoms with Crippen LogP contribution in [0.2, 0.25) is 0 Å². The van der Waals surface area contributed by atoms with Crippen LogP contribution in [0, 0.1) is 0 Å². The maximum absolute atomic E-state index is 12.4. The molecule has 1 fully saturated rings. The van der Waals surface area contributed by atoms with Gasteiger partial charge in [0.05, 0.1) is 5.56 Å². The summed E-state index contributed by atoms with van der Waals surface area (Å²) in [6, 6.07) is 5.28. The van der Waals surface area contributed by atoms with Crippen LogP contribution in [0.3, 0.4) is 0 Å². The summed E-state index contributed by atoms with van der Waals surface area (Å²) < 4.78 is 21.8. The lowest BCUT2D eigenvalue weighted by Crippen LogP contribution is -2.27. The molecule has 1 aromatic heterocycles. The Kier molecular flexibility index (Phi) is 4.51. The third-order valence-corrected chi connectivity index (χ3v) is 4.13. The van der Waals surface area contributed by atoms with E-state index in [0.29, 0.717) is 55.0 Å². The first-order chi connectivity index (χ1) is 12.3. The predicted molar refractivity (Wildman–Crippen MR) is 85.7 cm³/mol. The highest BCUT2D eigenvalue weighted by Gasteiger charge is 2.24. The largest absolute Gasteiger partial charge is 0.486 e. The summed E-state index contributed by atoms with van der Waals surface area (Å²) in [5.74, 6) is 1.94. The van der Waals surface area contributed by atoms with Gasteiger partial charge in [0, 0.05) is 19.6 Å². The number of para-hydroxylation sites is 1. The summed E-state index contributed by atoms with van der Waals surface area (Å²) in [6.07, 6.45) is 2.29. The minimum absolute atomic E-state index is 0.0937. The maximum Gasteiger partial charge on any atom is 0.255 e. The molecule has 2 aliphatic rings. The fourth-order valence-electron chi connectivity index (χ4n) is 2.91. The normalized spacial score (nSPS) is 19.0. The lowest BCUT2D eigenvalue weighted by atomic mass is 10.1. The third-order valence-electron chi connectivity index (χ3n) is 4.13. The van der Waals surface area contributed by atoms with Crippen molar-refractivity contribution >= 4 is 5.91 Å². The van der Waals surface area contributed by atoms with Gasteiger partial charge in [0.2, 0.25) is 0 Å². The molecule has 3 heterocycles. The number of hydrogen-bond donors (Lipinski definition) is 1. The zero-order valence-corrected chi connectivity index (χ0v) is 13.7. The SMILES string of the molecule is O=C(NCCc1noc(C2CCCO2)n1)c1cccc2c1OCCO2. The van der Waals surface area contributed by atoms with Gasteiger partial charge in [0.25, 0.3) is 11.8 Å². The summed E-state index contributed by atoms with van der Waals surface area (Å²) in [6.45, 7) is 2.05. The van der Waals surface area contributed by atoms with Crippen LogP contribution in [0.4, 0.5) is 0 Å². The van der Waals surface area contributed by atoms with Crippen molar-refractivity contribution < 1.29 is 23.5 Å². The van der Waals surface area contributed by atoms with Gasteiger partial charge in [-0.3, -0.25) is 4.79 Å². The van der Waals surface area contributed by atoms with E-state index < -0.39 is 0 Å². The van der Waals surface area contributed by atoms with E-state index >= 15 is 0 Å². The lowest BCUT2D eigenvalue weighted by Gasteiger charge is -2.20. The smallest absolute Gasteiger partial charge is 0.255 e. The van der Waals surface area contributed by atoms with E-state index in [4.69, 9.17) is 18.7 Å². The first-order valence-corrected chi connectivity index (χ1v) is 8.42. The van der Waals surface area contributed by atoms with Crippen molar-refractivity contribution in [1.29, 1.82) is 0 Å². The molecule has 2 aliphatic heterocycles. The van der Waals surface area contributed by atoms with Gasteiger partial charge in [-0.15, -0.1) is 0 Å². The zero-order valence-electron chi connectivity index (χ0n) is 13.7. The number of nitrogens with zero attached hydrogens (tertiary/aromatic N) is 2. The van der Waals surface area contributed by atoms with Crippen LogP contribution < -0.4 is 14.8 Å². The molecule has 1 aromatic carbocycles. The van der Waals surface area contributed by atoms with Gasteiger partial charge in [-0.05, 0) is 25.0 Å². The summed E-state index contributed by atoms with van der Waals surface area (Å²) in [7, 11) is 0. The highest BCUT2D eigenvalue weighted by molar-refractivity contribution is 5.97. The molecular formula is C17H19N3O5. The molecule has 1 saturated heterocycles. The predicted octanol–water partition coefficient (Wildman–Crippen LogP) is 1.66. The summed E-state index contributed by atoms with van der Waals surface area (Å²) in [4.78, 5) is 16.7. The van der Waals surface area contributed by atoms with Crippen LogP contribution in [0.5, 0.6) is 11.5 Å². The van der Waals surface area contributed by atoms with Crippen LogP contribution in [-0.2, 0) is 11.2 Å². The number of ether oxygens (including phenoxy) is 3. The topological polar surface area (TPSA) is 95.7 Å². The monoisotopic (exact) mass is 345 g/mol. The Labute approximate surface area is 144 Å². The minimum Gasteiger partial charge on any atom is -0.486 e. The lowest BCUT2D eigenvalue weighted by molar-refractivity contribution is 0.0835. The van der Waals surface area contributed by atoms with Gasteiger partial charge in [-0.2, -0.15) is 4.98 Å². The van der Waals surface area contributed by atoms with Gasteiger partial charge in [-0.25, -0.2) is 0 Å². The van der Waals surface area contributed by atoms with E-state index in [1.165, 1.54) is 0 Å². The molecular weight excluding hydrogens is 326 g/mol. The Morgan fingerprint density at radius 3 is 3.04 bits per heavy atom. The Balaban J connectivity index is 1.33. The van der Waals surface area contributed by atoms with Gasteiger partial charge < -0.3 is 24.1 Å². The molecule has 8 nitrogen and oxygen atoms in total. The molecule has 8 heteroatoms. The molecule has 1 N–H and O–H groups in total. The van der Waals surface area contributed by atoms with Crippen LogP contribution >= 0.6 is 0 Å². The third kappa shape index (κ3) is 3.43. The van der Waals surface area contributed by atoms with Crippen LogP contribution in [0.1, 0.15) is 41.0 Å². The molecule has 4 rings (SSSR count). The Morgan fingerprint density at radius 2 is 2.16 bits per heavy atom. The second-order valence-electron chi connectivity index (χ2n) is 5.89. The fraction of sp³-hybridized carbons (Fsp3) is 0.471. The van der Waals surface area contributed by atoms with Crippen molar-refractivity contribution in [3.05, 3.63) is 35.5 Å². The van der Waals surface area contributed by atoms with E-state index in [2.05, 4.69) is 15.5 Å². The van der Waals surface area contributed by atoms with Crippen molar-refractivity contribution in [1.82, 2.24) is 15.5 Å². The fourth-order valence-corrected chi connectivity index (χ4v) is 2.91. The standard InChI is InChI=1S/C17H19N3O5/c21-16(11-3-1-4-12-15(11)24-10-9-23-12)18-7-6-14-19-17(25-20-14)13-5-2-8-22-13/h1,3-4,13H,2,5-10H2,(H,18,21). The molecule has 1 amide bonds. The molecule has 25 heavy (non-hydrogen) atoms. The second-order valence-corrected chi connectivity index (χ2v) is 5.89. The average Bonchev–Trinajstić information content (AvgIpc) is 3.32. The summed E-state index contributed by atoms with van der Waals surface area (Å²) >= 11 is 0. The van der Waals surface area contributed by atoms with Crippen LogP contribution in [0.15, 0.2) is 22.7 Å². The number of nitrogens with one attached hydrogen (secondary N) is 1. The Morgan fingerprint density at radius 1 is 1.24 bits per heavy atom. The average molecular weight is 345 g/mol. The van der Waals surface area contributed by atoms with Crippen molar-refractivity contribution in [2.45, 2.75) is 25.4 Å². The van der Waals surface area contributed by atoms with Crippen LogP contribution in [-0.4, -0.2) is 42.4 Å². The van der Waals surface area contributed by atoms with Gasteiger partial charge >= 0.3 is 0 Å². The molecule has 2 aromatic rings. The number of amides is 1. The molecule has 132 valence electrons. The molecule has 0 spiro atoms. The molecule has 1 atom stereocenters. The quantitative estimate of drug-likeness (QED) is 0.880. The van der Waals surface area contributed by atoms with E-state index in [0.717, 1.165) is 19.4 Å². The highest BCUT2D eigenvalue weighted by atomic mass is 16.6. The van der Waals surface area contributed by atoms with Crippen molar-refractivity contribution in [3.63, 3.8) is 0 Å². The Bertz CT molecular complexity index is 754. The number of fused-ring (bicyclic) bond motifs is 1. The summed E-state index contributed by atoms with van der Waals surface area (Å²) in [5, 5.41) is 6.79. The molecule has 1 unspecified atom stereocenters.